The molecule has 2 aromatic carbocycles. The molecule has 194 valence electrons. The summed E-state index contributed by atoms with van der Waals surface area (Å²) in [5.74, 6) is 2.51. The number of benzene rings is 2. The van der Waals surface area contributed by atoms with E-state index in [1.165, 1.54) is 0 Å². The molecule has 0 spiro atoms. The fraction of sp³-hybridized carbons (Fsp3) is 0.500. The monoisotopic (exact) mass is 511 g/mol. The highest BCUT2D eigenvalue weighted by atomic mass is 32.2. The van der Waals surface area contributed by atoms with Crippen molar-refractivity contribution >= 4 is 38.6 Å². The zero-order valence-corrected chi connectivity index (χ0v) is 22.1. The van der Waals surface area contributed by atoms with Crippen LogP contribution in [0.5, 0.6) is 0 Å². The third-order valence-electron chi connectivity index (χ3n) is 6.50. The van der Waals surface area contributed by atoms with Crippen LogP contribution in [0.25, 0.3) is 10.8 Å². The van der Waals surface area contributed by atoms with Gasteiger partial charge >= 0.3 is 0 Å². The highest BCUT2D eigenvalue weighted by molar-refractivity contribution is 7.89. The van der Waals surface area contributed by atoms with E-state index in [4.69, 9.17) is 0 Å². The van der Waals surface area contributed by atoms with Gasteiger partial charge in [-0.2, -0.15) is 15.0 Å². The summed E-state index contributed by atoms with van der Waals surface area (Å²) in [5, 5.41) is 11.5. The van der Waals surface area contributed by atoms with Crippen molar-refractivity contribution < 1.29 is 8.42 Å². The Kier molecular flexibility index (Phi) is 8.58. The van der Waals surface area contributed by atoms with Gasteiger partial charge in [0.2, 0.25) is 27.9 Å². The number of rotatable bonds is 11. The first kappa shape index (κ1) is 26.1. The van der Waals surface area contributed by atoms with E-state index in [-0.39, 0.29) is 6.04 Å². The molecule has 1 aromatic heterocycles. The number of nitrogens with one attached hydrogen (secondary N) is 4. The summed E-state index contributed by atoms with van der Waals surface area (Å²) >= 11 is 0. The second kappa shape index (κ2) is 11.8. The molecule has 1 heterocycles. The number of nitrogens with zero attached hydrogens (tertiary/aromatic N) is 3. The third kappa shape index (κ3) is 6.82. The fourth-order valence-corrected chi connectivity index (χ4v) is 5.97. The van der Waals surface area contributed by atoms with Gasteiger partial charge in [0.05, 0.1) is 4.90 Å². The van der Waals surface area contributed by atoms with Crippen LogP contribution in [0.2, 0.25) is 0 Å². The summed E-state index contributed by atoms with van der Waals surface area (Å²) in [6.07, 6.45) is 4.06. The van der Waals surface area contributed by atoms with E-state index in [1.807, 2.05) is 51.1 Å². The number of anilines is 3. The summed E-state index contributed by atoms with van der Waals surface area (Å²) in [5.41, 5.74) is 0. The zero-order chi connectivity index (χ0) is 25.5. The van der Waals surface area contributed by atoms with Crippen LogP contribution >= 0.6 is 0 Å². The summed E-state index contributed by atoms with van der Waals surface area (Å²) in [4.78, 5) is 13.7. The predicted octanol–water partition coefficient (Wildman–Crippen LogP) is 4.47. The number of fused-ring (bicyclic) bond motifs is 1. The molecule has 0 aliphatic heterocycles. The van der Waals surface area contributed by atoms with E-state index in [2.05, 4.69) is 35.6 Å². The fourth-order valence-electron chi connectivity index (χ4n) is 4.63. The van der Waals surface area contributed by atoms with Crippen LogP contribution in [-0.2, 0) is 10.0 Å². The normalized spacial score (nSPS) is 18.3. The number of hydrogen-bond acceptors (Lipinski definition) is 8. The molecule has 3 aromatic rings. The maximum atomic E-state index is 13.0. The van der Waals surface area contributed by atoms with Gasteiger partial charge in [-0.25, -0.2) is 13.1 Å². The van der Waals surface area contributed by atoms with E-state index < -0.39 is 10.0 Å². The van der Waals surface area contributed by atoms with Crippen LogP contribution in [0.1, 0.15) is 46.5 Å². The van der Waals surface area contributed by atoms with Crippen molar-refractivity contribution in [1.82, 2.24) is 19.7 Å². The zero-order valence-electron chi connectivity index (χ0n) is 21.3. The molecule has 0 saturated heterocycles. The van der Waals surface area contributed by atoms with Gasteiger partial charge in [0.25, 0.3) is 0 Å². The molecule has 4 rings (SSSR count). The molecule has 4 N–H and O–H groups in total. The molecular weight excluding hydrogens is 474 g/mol. The number of hydrogen-bond donors (Lipinski definition) is 4. The molecule has 0 unspecified atom stereocenters. The topological polar surface area (TPSA) is 121 Å². The maximum absolute atomic E-state index is 13.0. The lowest BCUT2D eigenvalue weighted by molar-refractivity contribution is 0.284. The van der Waals surface area contributed by atoms with Gasteiger partial charge in [-0.05, 0) is 69.7 Å². The minimum Gasteiger partial charge on any atom is -0.354 e. The van der Waals surface area contributed by atoms with Crippen molar-refractivity contribution in [3.63, 3.8) is 0 Å². The van der Waals surface area contributed by atoms with Crippen LogP contribution in [-0.4, -0.2) is 49.0 Å². The quantitative estimate of drug-likeness (QED) is 0.297. The Morgan fingerprint density at radius 2 is 1.44 bits per heavy atom. The van der Waals surface area contributed by atoms with E-state index in [1.54, 1.807) is 12.1 Å². The van der Waals surface area contributed by atoms with Gasteiger partial charge in [0.15, 0.2) is 0 Å². The van der Waals surface area contributed by atoms with Crippen molar-refractivity contribution in [2.24, 2.45) is 11.8 Å². The minimum absolute atomic E-state index is 0.225. The standard InChI is InChI=1S/C26H37N7O2S/c1-4-27-24-31-25(33-26(32-24)30-18(2)3)28-16-19-12-14-20(15-13-19)17-29-36(34,35)23-11-7-9-21-8-5-6-10-22(21)23/h5-11,18-20,29H,4,12-17H2,1-3H3,(H3,27,28,30,31,32,33). The van der Waals surface area contributed by atoms with Crippen LogP contribution < -0.4 is 20.7 Å². The Morgan fingerprint density at radius 1 is 0.833 bits per heavy atom. The Morgan fingerprint density at radius 3 is 2.14 bits per heavy atom. The third-order valence-corrected chi connectivity index (χ3v) is 7.99. The molecule has 36 heavy (non-hydrogen) atoms. The Hall–Kier alpha value is -2.98. The summed E-state index contributed by atoms with van der Waals surface area (Å²) < 4.78 is 28.9. The van der Waals surface area contributed by atoms with Gasteiger partial charge in [0.1, 0.15) is 0 Å². The van der Waals surface area contributed by atoms with Crippen molar-refractivity contribution in [3.05, 3.63) is 42.5 Å². The number of sulfonamides is 1. The predicted molar refractivity (Wildman–Crippen MR) is 146 cm³/mol. The van der Waals surface area contributed by atoms with Gasteiger partial charge < -0.3 is 16.0 Å². The maximum Gasteiger partial charge on any atom is 0.241 e. The molecule has 1 fully saturated rings. The van der Waals surface area contributed by atoms with E-state index in [0.717, 1.165) is 49.5 Å². The van der Waals surface area contributed by atoms with E-state index >= 15 is 0 Å². The molecule has 0 bridgehead atoms. The Bertz CT molecular complexity index is 1250. The summed E-state index contributed by atoms with van der Waals surface area (Å²) in [7, 11) is -3.56. The highest BCUT2D eigenvalue weighted by Gasteiger charge is 2.24. The van der Waals surface area contributed by atoms with Crippen molar-refractivity contribution in [3.8, 4) is 0 Å². The number of aromatic nitrogens is 3. The largest absolute Gasteiger partial charge is 0.354 e. The lowest BCUT2D eigenvalue weighted by Gasteiger charge is -2.28. The van der Waals surface area contributed by atoms with Crippen molar-refractivity contribution in [2.75, 3.05) is 35.6 Å². The molecule has 1 saturated carbocycles. The SMILES string of the molecule is CCNc1nc(NCC2CCC(CNS(=O)(=O)c3cccc4ccccc34)CC2)nc(NC(C)C)n1. The van der Waals surface area contributed by atoms with Gasteiger partial charge in [-0.3, -0.25) is 0 Å². The molecule has 0 amide bonds. The van der Waals surface area contributed by atoms with E-state index in [0.29, 0.717) is 41.1 Å². The highest BCUT2D eigenvalue weighted by Crippen LogP contribution is 2.29. The minimum atomic E-state index is -3.56. The molecule has 1 aliphatic rings. The lowest BCUT2D eigenvalue weighted by Crippen LogP contribution is -2.32. The molecule has 10 heteroatoms. The molecule has 0 radical (unpaired) electrons. The van der Waals surface area contributed by atoms with Crippen LogP contribution in [0.4, 0.5) is 17.8 Å². The van der Waals surface area contributed by atoms with Crippen LogP contribution in [0.15, 0.2) is 47.4 Å². The molecule has 0 atom stereocenters. The van der Waals surface area contributed by atoms with Gasteiger partial charge in [-0.15, -0.1) is 0 Å². The van der Waals surface area contributed by atoms with Gasteiger partial charge in [0, 0.05) is 31.1 Å². The molecule has 9 nitrogen and oxygen atoms in total. The van der Waals surface area contributed by atoms with Gasteiger partial charge in [-0.1, -0.05) is 36.4 Å². The smallest absolute Gasteiger partial charge is 0.241 e. The first-order valence-electron chi connectivity index (χ1n) is 12.8. The summed E-state index contributed by atoms with van der Waals surface area (Å²) in [6.45, 7) is 8.08. The second-order valence-corrected chi connectivity index (χ2v) is 11.5. The molecule has 1 aliphatic carbocycles. The Labute approximate surface area is 214 Å². The van der Waals surface area contributed by atoms with Crippen LogP contribution in [0, 0.1) is 11.8 Å². The van der Waals surface area contributed by atoms with E-state index in [9.17, 15) is 8.42 Å². The lowest BCUT2D eigenvalue weighted by atomic mass is 9.82. The average molecular weight is 512 g/mol. The molecular formula is C26H37N7O2S. The first-order valence-corrected chi connectivity index (χ1v) is 14.3. The summed E-state index contributed by atoms with van der Waals surface area (Å²) in [6, 6.07) is 13.2. The average Bonchev–Trinajstić information content (AvgIpc) is 2.86. The van der Waals surface area contributed by atoms with Crippen molar-refractivity contribution in [2.45, 2.75) is 57.4 Å². The second-order valence-electron chi connectivity index (χ2n) is 9.73. The first-order chi connectivity index (χ1) is 17.3. The Balaban J connectivity index is 1.28. The van der Waals surface area contributed by atoms with Crippen LogP contribution in [0.3, 0.4) is 0 Å². The van der Waals surface area contributed by atoms with Crippen molar-refractivity contribution in [1.29, 1.82) is 0 Å².